The van der Waals surface area contributed by atoms with Crippen molar-refractivity contribution < 1.29 is 0 Å². The molecule has 2 rings (SSSR count). The van der Waals surface area contributed by atoms with Crippen LogP contribution in [0.3, 0.4) is 0 Å². The zero-order valence-corrected chi connectivity index (χ0v) is 11.1. The Bertz CT molecular complexity index is 521. The van der Waals surface area contributed by atoms with Crippen LogP contribution in [0.4, 0.5) is 5.69 Å². The number of anilines is 1. The van der Waals surface area contributed by atoms with Crippen molar-refractivity contribution in [3.05, 3.63) is 64.1 Å². The second-order valence-corrected chi connectivity index (χ2v) is 4.60. The molecule has 2 nitrogen and oxygen atoms in total. The van der Waals surface area contributed by atoms with Gasteiger partial charge in [-0.3, -0.25) is 5.43 Å². The van der Waals surface area contributed by atoms with Crippen LogP contribution >= 0.6 is 15.9 Å². The second kappa shape index (κ2) is 5.64. The summed E-state index contributed by atoms with van der Waals surface area (Å²) in [6, 6.07) is 16.0. The lowest BCUT2D eigenvalue weighted by Crippen LogP contribution is -1.90. The van der Waals surface area contributed by atoms with Crippen molar-refractivity contribution in [2.75, 3.05) is 5.43 Å². The summed E-state index contributed by atoms with van der Waals surface area (Å²) in [4.78, 5) is 0. The van der Waals surface area contributed by atoms with Crippen LogP contribution in [0.25, 0.3) is 0 Å². The van der Waals surface area contributed by atoms with Gasteiger partial charge in [0.2, 0.25) is 0 Å². The minimum absolute atomic E-state index is 0.981. The van der Waals surface area contributed by atoms with E-state index in [1.54, 1.807) is 6.21 Å². The molecule has 86 valence electrons. The van der Waals surface area contributed by atoms with Crippen molar-refractivity contribution in [1.82, 2.24) is 0 Å². The summed E-state index contributed by atoms with van der Waals surface area (Å²) in [6.07, 6.45) is 1.80. The number of hydrazone groups is 1. The molecule has 2 aromatic carbocycles. The van der Waals surface area contributed by atoms with E-state index in [-0.39, 0.29) is 0 Å². The molecule has 0 aliphatic carbocycles. The molecule has 0 aliphatic rings. The maximum atomic E-state index is 4.19. The van der Waals surface area contributed by atoms with Gasteiger partial charge in [-0.25, -0.2) is 0 Å². The third-order valence-electron chi connectivity index (χ3n) is 2.38. The molecule has 0 saturated heterocycles. The predicted molar refractivity (Wildman–Crippen MR) is 76.5 cm³/mol. The molecule has 0 spiro atoms. The summed E-state index contributed by atoms with van der Waals surface area (Å²) >= 11 is 3.50. The quantitative estimate of drug-likeness (QED) is 0.664. The van der Waals surface area contributed by atoms with E-state index >= 15 is 0 Å². The largest absolute Gasteiger partial charge is 0.279 e. The van der Waals surface area contributed by atoms with Crippen molar-refractivity contribution in [1.29, 1.82) is 0 Å². The molecule has 17 heavy (non-hydrogen) atoms. The van der Waals surface area contributed by atoms with Crippen LogP contribution in [0, 0.1) is 6.92 Å². The van der Waals surface area contributed by atoms with Crippen molar-refractivity contribution in [3.63, 3.8) is 0 Å². The highest BCUT2D eigenvalue weighted by molar-refractivity contribution is 9.10. The number of para-hydroxylation sites is 1. The van der Waals surface area contributed by atoms with Gasteiger partial charge in [0.05, 0.1) is 11.9 Å². The normalized spacial score (nSPS) is 10.7. The molecule has 0 aliphatic heterocycles. The molecule has 2 aromatic rings. The molecular formula is C14H13BrN2. The van der Waals surface area contributed by atoms with Crippen molar-refractivity contribution in [2.45, 2.75) is 6.92 Å². The molecule has 0 unspecified atom stereocenters. The second-order valence-electron chi connectivity index (χ2n) is 3.74. The van der Waals surface area contributed by atoms with Crippen molar-refractivity contribution in [3.8, 4) is 0 Å². The summed E-state index contributed by atoms with van der Waals surface area (Å²) < 4.78 is 1.10. The summed E-state index contributed by atoms with van der Waals surface area (Å²) in [6.45, 7) is 2.06. The van der Waals surface area contributed by atoms with Gasteiger partial charge in [-0.1, -0.05) is 46.3 Å². The SMILES string of the molecule is Cc1ccc(/C=N\Nc2ccccc2)cc1Br. The van der Waals surface area contributed by atoms with Gasteiger partial charge < -0.3 is 0 Å². The zero-order valence-electron chi connectivity index (χ0n) is 9.52. The number of nitrogens with zero attached hydrogens (tertiary/aromatic N) is 1. The van der Waals surface area contributed by atoms with Gasteiger partial charge in [-0.2, -0.15) is 5.10 Å². The van der Waals surface area contributed by atoms with Crippen molar-refractivity contribution >= 4 is 27.8 Å². The Hall–Kier alpha value is -1.61. The molecule has 0 heterocycles. The Morgan fingerprint density at radius 1 is 1.12 bits per heavy atom. The summed E-state index contributed by atoms with van der Waals surface area (Å²) in [5.74, 6) is 0. The fraction of sp³-hybridized carbons (Fsp3) is 0.0714. The first-order valence-corrected chi connectivity index (χ1v) is 6.15. The first-order valence-electron chi connectivity index (χ1n) is 5.36. The maximum absolute atomic E-state index is 4.19. The molecule has 0 aromatic heterocycles. The van der Waals surface area contributed by atoms with Gasteiger partial charge in [-0.05, 0) is 36.2 Å². The maximum Gasteiger partial charge on any atom is 0.0561 e. The average Bonchev–Trinajstić information content (AvgIpc) is 2.35. The van der Waals surface area contributed by atoms with Gasteiger partial charge in [0.15, 0.2) is 0 Å². The molecule has 0 amide bonds. The Labute approximate surface area is 110 Å². The Morgan fingerprint density at radius 2 is 1.88 bits per heavy atom. The van der Waals surface area contributed by atoms with E-state index < -0.39 is 0 Å². The lowest BCUT2D eigenvalue weighted by Gasteiger charge is -2.00. The molecule has 0 bridgehead atoms. The van der Waals surface area contributed by atoms with Gasteiger partial charge in [0.25, 0.3) is 0 Å². The van der Waals surface area contributed by atoms with Crippen LogP contribution in [-0.4, -0.2) is 6.21 Å². The zero-order chi connectivity index (χ0) is 12.1. The highest BCUT2D eigenvalue weighted by atomic mass is 79.9. The number of nitrogens with one attached hydrogen (secondary N) is 1. The average molecular weight is 289 g/mol. The van der Waals surface area contributed by atoms with Crippen molar-refractivity contribution in [2.24, 2.45) is 5.10 Å². The summed E-state index contributed by atoms with van der Waals surface area (Å²) in [5, 5.41) is 4.19. The van der Waals surface area contributed by atoms with Crippen LogP contribution in [0.1, 0.15) is 11.1 Å². The van der Waals surface area contributed by atoms with Crippen LogP contribution in [0.5, 0.6) is 0 Å². The number of halogens is 1. The third-order valence-corrected chi connectivity index (χ3v) is 3.23. The monoisotopic (exact) mass is 288 g/mol. The minimum Gasteiger partial charge on any atom is -0.279 e. The molecule has 1 N–H and O–H groups in total. The molecular weight excluding hydrogens is 276 g/mol. The predicted octanol–water partition coefficient (Wildman–Crippen LogP) is 4.20. The number of benzene rings is 2. The number of aryl methyl sites for hydroxylation is 1. The first kappa shape index (κ1) is 11.9. The number of rotatable bonds is 3. The van der Waals surface area contributed by atoms with Crippen LogP contribution in [0.2, 0.25) is 0 Å². The minimum atomic E-state index is 0.981. The lowest BCUT2D eigenvalue weighted by atomic mass is 10.2. The molecule has 0 saturated carbocycles. The van der Waals surface area contributed by atoms with Gasteiger partial charge >= 0.3 is 0 Å². The van der Waals surface area contributed by atoms with E-state index in [4.69, 9.17) is 0 Å². The van der Waals surface area contributed by atoms with Crippen LogP contribution in [0.15, 0.2) is 58.1 Å². The molecule has 0 radical (unpaired) electrons. The van der Waals surface area contributed by atoms with E-state index in [0.29, 0.717) is 0 Å². The van der Waals surface area contributed by atoms with E-state index in [9.17, 15) is 0 Å². The topological polar surface area (TPSA) is 24.4 Å². The van der Waals surface area contributed by atoms with E-state index in [1.165, 1.54) is 5.56 Å². The van der Waals surface area contributed by atoms with E-state index in [2.05, 4.69) is 39.4 Å². The molecule has 0 atom stereocenters. The summed E-state index contributed by atoms with van der Waals surface area (Å²) in [7, 11) is 0. The van der Waals surface area contributed by atoms with E-state index in [1.807, 2.05) is 42.5 Å². The smallest absolute Gasteiger partial charge is 0.0561 e. The first-order chi connectivity index (χ1) is 8.25. The van der Waals surface area contributed by atoms with Gasteiger partial charge in [-0.15, -0.1) is 0 Å². The van der Waals surface area contributed by atoms with Crippen LogP contribution < -0.4 is 5.43 Å². The van der Waals surface area contributed by atoms with E-state index in [0.717, 1.165) is 15.7 Å². The Morgan fingerprint density at radius 3 is 2.59 bits per heavy atom. The fourth-order valence-corrected chi connectivity index (χ4v) is 1.78. The lowest BCUT2D eigenvalue weighted by molar-refractivity contribution is 1.34. The Balaban J connectivity index is 2.03. The highest BCUT2D eigenvalue weighted by Crippen LogP contribution is 2.16. The number of hydrogen-bond donors (Lipinski definition) is 1. The molecule has 0 fully saturated rings. The number of hydrogen-bond acceptors (Lipinski definition) is 2. The van der Waals surface area contributed by atoms with Gasteiger partial charge in [0.1, 0.15) is 0 Å². The van der Waals surface area contributed by atoms with Gasteiger partial charge in [0, 0.05) is 4.47 Å². The fourth-order valence-electron chi connectivity index (χ4n) is 1.38. The highest BCUT2D eigenvalue weighted by Gasteiger charge is 1.94. The molecule has 3 heteroatoms. The van der Waals surface area contributed by atoms with Crippen LogP contribution in [-0.2, 0) is 0 Å². The third kappa shape index (κ3) is 3.43. The Kier molecular flexibility index (Phi) is 3.94. The standard InChI is InChI=1S/C14H13BrN2/c1-11-7-8-12(9-14(11)15)10-16-17-13-5-3-2-4-6-13/h2-10,17H,1H3/b16-10-. The summed E-state index contributed by atoms with van der Waals surface area (Å²) in [5.41, 5.74) is 6.24.